The summed E-state index contributed by atoms with van der Waals surface area (Å²) in [6, 6.07) is 1.13. The number of aryl methyl sites for hydroxylation is 1. The number of nitrogens with zero attached hydrogens (tertiary/aromatic N) is 5. The van der Waals surface area contributed by atoms with Gasteiger partial charge in [-0.1, -0.05) is 12.8 Å². The van der Waals surface area contributed by atoms with Crippen LogP contribution in [0.4, 0.5) is 0 Å². The standard InChI is InChI=1S/C15H21N5O3S/c1-19-13(8-9-16-19)24(21,22)20-10-3-2-7-12(20)15-18-17-14(23-15)11-5-4-6-11/h8-9,11-12H,2-7,10H2,1H3. The van der Waals surface area contributed by atoms with E-state index in [2.05, 4.69) is 15.3 Å². The highest BCUT2D eigenvalue weighted by Gasteiger charge is 2.39. The molecule has 24 heavy (non-hydrogen) atoms. The molecule has 4 rings (SSSR count). The van der Waals surface area contributed by atoms with Crippen LogP contribution in [0.3, 0.4) is 0 Å². The average Bonchev–Trinajstić information content (AvgIpc) is 3.15. The molecule has 1 atom stereocenters. The highest BCUT2D eigenvalue weighted by atomic mass is 32.2. The van der Waals surface area contributed by atoms with Crippen LogP contribution in [-0.2, 0) is 17.1 Å². The van der Waals surface area contributed by atoms with E-state index in [1.807, 2.05) is 0 Å². The summed E-state index contributed by atoms with van der Waals surface area (Å²) < 4.78 is 34.8. The monoisotopic (exact) mass is 351 g/mol. The number of hydrogen-bond donors (Lipinski definition) is 0. The van der Waals surface area contributed by atoms with Crippen LogP contribution in [0.1, 0.15) is 62.3 Å². The van der Waals surface area contributed by atoms with Crippen LogP contribution in [0, 0.1) is 0 Å². The van der Waals surface area contributed by atoms with Gasteiger partial charge < -0.3 is 4.42 Å². The predicted molar refractivity (Wildman–Crippen MR) is 84.6 cm³/mol. The molecule has 0 aromatic carbocycles. The molecule has 130 valence electrons. The lowest BCUT2D eigenvalue weighted by Gasteiger charge is -2.32. The fourth-order valence-electron chi connectivity index (χ4n) is 3.38. The van der Waals surface area contributed by atoms with E-state index in [1.54, 1.807) is 7.05 Å². The van der Waals surface area contributed by atoms with Crippen LogP contribution < -0.4 is 0 Å². The minimum Gasteiger partial charge on any atom is -0.423 e. The second kappa shape index (κ2) is 5.96. The van der Waals surface area contributed by atoms with E-state index in [1.165, 1.54) is 27.7 Å². The molecule has 0 amide bonds. The molecule has 1 aliphatic carbocycles. The molecule has 2 fully saturated rings. The third-order valence-electron chi connectivity index (χ3n) is 5.00. The van der Waals surface area contributed by atoms with E-state index in [-0.39, 0.29) is 11.1 Å². The van der Waals surface area contributed by atoms with E-state index in [0.717, 1.165) is 25.7 Å². The normalized spacial score (nSPS) is 23.3. The second-order valence-electron chi connectivity index (χ2n) is 6.53. The van der Waals surface area contributed by atoms with Crippen molar-refractivity contribution in [3.05, 3.63) is 24.0 Å². The quantitative estimate of drug-likeness (QED) is 0.836. The summed E-state index contributed by atoms with van der Waals surface area (Å²) in [6.07, 6.45) is 7.30. The maximum Gasteiger partial charge on any atom is 0.260 e. The molecule has 2 aromatic heterocycles. The number of aromatic nitrogens is 4. The Labute approximate surface area is 140 Å². The van der Waals surface area contributed by atoms with Crippen LogP contribution in [0.15, 0.2) is 21.7 Å². The lowest BCUT2D eigenvalue weighted by Crippen LogP contribution is -2.39. The average molecular weight is 351 g/mol. The van der Waals surface area contributed by atoms with Crippen molar-refractivity contribution in [2.24, 2.45) is 7.05 Å². The Balaban J connectivity index is 1.66. The molecule has 3 heterocycles. The van der Waals surface area contributed by atoms with Gasteiger partial charge in [0.1, 0.15) is 6.04 Å². The van der Waals surface area contributed by atoms with Gasteiger partial charge in [-0.3, -0.25) is 4.68 Å². The number of piperidine rings is 1. The summed E-state index contributed by atoms with van der Waals surface area (Å²) in [5, 5.41) is 12.5. The third-order valence-corrected chi connectivity index (χ3v) is 6.98. The Kier molecular flexibility index (Phi) is 3.92. The van der Waals surface area contributed by atoms with Gasteiger partial charge in [-0.15, -0.1) is 10.2 Å². The molecule has 9 heteroatoms. The van der Waals surface area contributed by atoms with Crippen molar-refractivity contribution < 1.29 is 12.8 Å². The first-order valence-corrected chi connectivity index (χ1v) is 9.84. The second-order valence-corrected chi connectivity index (χ2v) is 8.36. The summed E-state index contributed by atoms with van der Waals surface area (Å²) in [5.74, 6) is 1.42. The van der Waals surface area contributed by atoms with Gasteiger partial charge in [-0.05, 0) is 31.7 Å². The predicted octanol–water partition coefficient (Wildman–Crippen LogP) is 1.99. The molecule has 0 bridgehead atoms. The molecule has 0 spiro atoms. The van der Waals surface area contributed by atoms with Crippen LogP contribution in [-0.4, -0.2) is 39.2 Å². The Hall–Kier alpha value is -1.74. The van der Waals surface area contributed by atoms with Crippen molar-refractivity contribution in [2.75, 3.05) is 6.54 Å². The lowest BCUT2D eigenvalue weighted by molar-refractivity contribution is 0.209. The van der Waals surface area contributed by atoms with Gasteiger partial charge in [0, 0.05) is 19.5 Å². The van der Waals surface area contributed by atoms with Crippen LogP contribution >= 0.6 is 0 Å². The van der Waals surface area contributed by atoms with E-state index in [9.17, 15) is 8.42 Å². The minimum absolute atomic E-state index is 0.188. The minimum atomic E-state index is -3.64. The Bertz CT molecular complexity index is 824. The van der Waals surface area contributed by atoms with Crippen molar-refractivity contribution in [1.82, 2.24) is 24.3 Å². The van der Waals surface area contributed by atoms with E-state index in [4.69, 9.17) is 4.42 Å². The van der Waals surface area contributed by atoms with Gasteiger partial charge in [-0.25, -0.2) is 8.42 Å². The molecule has 1 saturated heterocycles. The maximum atomic E-state index is 13.0. The van der Waals surface area contributed by atoms with Gasteiger partial charge in [-0.2, -0.15) is 9.40 Å². The highest BCUT2D eigenvalue weighted by molar-refractivity contribution is 7.89. The molecular formula is C15H21N5O3S. The zero-order valence-electron chi connectivity index (χ0n) is 13.6. The van der Waals surface area contributed by atoms with E-state index >= 15 is 0 Å². The molecule has 8 nitrogen and oxygen atoms in total. The molecule has 1 unspecified atom stereocenters. The van der Waals surface area contributed by atoms with Gasteiger partial charge in [0.2, 0.25) is 11.8 Å². The summed E-state index contributed by atoms with van der Waals surface area (Å²) in [7, 11) is -2.01. The molecule has 2 aromatic rings. The largest absolute Gasteiger partial charge is 0.423 e. The molecule has 1 aliphatic heterocycles. The third kappa shape index (κ3) is 2.55. The first-order chi connectivity index (χ1) is 11.6. The van der Waals surface area contributed by atoms with Gasteiger partial charge in [0.15, 0.2) is 5.03 Å². The molecule has 1 saturated carbocycles. The molecule has 0 N–H and O–H groups in total. The fraction of sp³-hybridized carbons (Fsp3) is 0.667. The SMILES string of the molecule is Cn1nccc1S(=O)(=O)N1CCCCC1c1nnc(C2CCC2)o1. The van der Waals surface area contributed by atoms with Crippen LogP contribution in [0.5, 0.6) is 0 Å². The Morgan fingerprint density at radius 2 is 1.92 bits per heavy atom. The van der Waals surface area contributed by atoms with E-state index < -0.39 is 10.0 Å². The summed E-state index contributed by atoms with van der Waals surface area (Å²) >= 11 is 0. The van der Waals surface area contributed by atoms with Gasteiger partial charge in [0.25, 0.3) is 10.0 Å². The lowest BCUT2D eigenvalue weighted by atomic mass is 9.85. The van der Waals surface area contributed by atoms with Crippen LogP contribution in [0.2, 0.25) is 0 Å². The number of sulfonamides is 1. The first kappa shape index (κ1) is 15.8. The molecule has 2 aliphatic rings. The Morgan fingerprint density at radius 1 is 1.12 bits per heavy atom. The summed E-state index contributed by atoms with van der Waals surface area (Å²) in [5.41, 5.74) is 0. The fourth-order valence-corrected chi connectivity index (χ4v) is 5.13. The van der Waals surface area contributed by atoms with Gasteiger partial charge >= 0.3 is 0 Å². The van der Waals surface area contributed by atoms with Gasteiger partial charge in [0.05, 0.1) is 6.20 Å². The van der Waals surface area contributed by atoms with Crippen LogP contribution in [0.25, 0.3) is 0 Å². The van der Waals surface area contributed by atoms with Crippen molar-refractivity contribution in [3.63, 3.8) is 0 Å². The zero-order valence-corrected chi connectivity index (χ0v) is 14.4. The zero-order chi connectivity index (χ0) is 16.7. The molecule has 0 radical (unpaired) electrons. The smallest absolute Gasteiger partial charge is 0.260 e. The summed E-state index contributed by atoms with van der Waals surface area (Å²) in [4.78, 5) is 0. The Morgan fingerprint density at radius 3 is 2.58 bits per heavy atom. The van der Waals surface area contributed by atoms with Crippen molar-refractivity contribution in [1.29, 1.82) is 0 Å². The summed E-state index contributed by atoms with van der Waals surface area (Å²) in [6.45, 7) is 0.458. The number of hydrogen-bond acceptors (Lipinski definition) is 6. The molecular weight excluding hydrogens is 330 g/mol. The number of rotatable bonds is 4. The highest BCUT2D eigenvalue weighted by Crippen LogP contribution is 2.39. The first-order valence-electron chi connectivity index (χ1n) is 8.40. The van der Waals surface area contributed by atoms with Crippen molar-refractivity contribution in [3.8, 4) is 0 Å². The maximum absolute atomic E-state index is 13.0. The topological polar surface area (TPSA) is 94.1 Å². The van der Waals surface area contributed by atoms with Crippen molar-refractivity contribution >= 4 is 10.0 Å². The van der Waals surface area contributed by atoms with Crippen molar-refractivity contribution in [2.45, 2.75) is 55.5 Å². The van der Waals surface area contributed by atoms with E-state index in [0.29, 0.717) is 30.7 Å².